The minimum absolute atomic E-state index is 0.0307. The van der Waals surface area contributed by atoms with E-state index in [9.17, 15) is 4.79 Å². The predicted molar refractivity (Wildman–Crippen MR) is 78.9 cm³/mol. The van der Waals surface area contributed by atoms with Crippen molar-refractivity contribution in [1.29, 1.82) is 0 Å². The highest BCUT2D eigenvalue weighted by Crippen LogP contribution is 2.19. The van der Waals surface area contributed by atoms with Crippen molar-refractivity contribution in [2.24, 2.45) is 5.92 Å². The number of ether oxygens (including phenoxy) is 2. The molecule has 0 aromatic heterocycles. The monoisotopic (exact) mass is 277 g/mol. The second-order valence-electron chi connectivity index (χ2n) is 5.51. The Kier molecular flexibility index (Phi) is 5.15. The lowest BCUT2D eigenvalue weighted by molar-refractivity contribution is -0.124. The lowest BCUT2D eigenvalue weighted by Crippen LogP contribution is -2.33. The van der Waals surface area contributed by atoms with Crippen molar-refractivity contribution < 1.29 is 14.3 Å². The molecular weight excluding hydrogens is 254 g/mol. The van der Waals surface area contributed by atoms with Crippen LogP contribution in [0.25, 0.3) is 0 Å². The van der Waals surface area contributed by atoms with Crippen molar-refractivity contribution in [2.75, 3.05) is 25.1 Å². The molecule has 1 heterocycles. The van der Waals surface area contributed by atoms with Crippen LogP contribution in [-0.4, -0.2) is 31.8 Å². The Balaban J connectivity index is 1.91. The molecule has 0 bridgehead atoms. The zero-order valence-corrected chi connectivity index (χ0v) is 12.4. The summed E-state index contributed by atoms with van der Waals surface area (Å²) in [6.45, 7) is 7.80. The van der Waals surface area contributed by atoms with Gasteiger partial charge in [0.15, 0.2) is 0 Å². The van der Waals surface area contributed by atoms with Crippen LogP contribution in [0.5, 0.6) is 0 Å². The van der Waals surface area contributed by atoms with Crippen molar-refractivity contribution in [3.8, 4) is 0 Å². The van der Waals surface area contributed by atoms with E-state index in [1.54, 1.807) is 0 Å². The van der Waals surface area contributed by atoms with Gasteiger partial charge in [-0.2, -0.15) is 0 Å². The smallest absolute Gasteiger partial charge is 0.227 e. The molecule has 1 saturated heterocycles. The molecule has 1 aromatic carbocycles. The quantitative estimate of drug-likeness (QED) is 0.920. The highest BCUT2D eigenvalue weighted by Gasteiger charge is 2.22. The second-order valence-corrected chi connectivity index (χ2v) is 5.51. The Morgan fingerprint density at radius 3 is 2.90 bits per heavy atom. The van der Waals surface area contributed by atoms with Gasteiger partial charge in [-0.05, 0) is 37.5 Å². The summed E-state index contributed by atoms with van der Waals surface area (Å²) in [7, 11) is 0. The number of hydrogen-bond donors (Lipinski definition) is 1. The summed E-state index contributed by atoms with van der Waals surface area (Å²) >= 11 is 0. The van der Waals surface area contributed by atoms with Crippen LogP contribution in [-0.2, 0) is 14.3 Å². The molecule has 1 aliphatic heterocycles. The van der Waals surface area contributed by atoms with Crippen molar-refractivity contribution in [3.63, 3.8) is 0 Å². The van der Waals surface area contributed by atoms with E-state index in [-0.39, 0.29) is 17.9 Å². The first-order valence-electron chi connectivity index (χ1n) is 7.13. The zero-order chi connectivity index (χ0) is 14.5. The number of carbonyl (C=O) groups is 1. The maximum atomic E-state index is 12.2. The minimum Gasteiger partial charge on any atom is -0.376 e. The van der Waals surface area contributed by atoms with Crippen LogP contribution < -0.4 is 5.32 Å². The Morgan fingerprint density at radius 2 is 2.20 bits per heavy atom. The van der Waals surface area contributed by atoms with Crippen molar-refractivity contribution in [2.45, 2.75) is 33.3 Å². The van der Waals surface area contributed by atoms with Crippen LogP contribution in [0, 0.1) is 19.8 Å². The van der Waals surface area contributed by atoms with Crippen molar-refractivity contribution >= 4 is 11.6 Å². The molecule has 0 radical (unpaired) electrons. The van der Waals surface area contributed by atoms with Gasteiger partial charge in [0.05, 0.1) is 25.9 Å². The number of aryl methyl sites for hydroxylation is 2. The van der Waals surface area contributed by atoms with Crippen LogP contribution in [0.4, 0.5) is 5.69 Å². The van der Waals surface area contributed by atoms with Gasteiger partial charge in [-0.3, -0.25) is 4.79 Å². The normalized spacial score (nSPS) is 20.4. The first-order valence-corrected chi connectivity index (χ1v) is 7.13. The minimum atomic E-state index is -0.0957. The highest BCUT2D eigenvalue weighted by atomic mass is 16.6. The number of anilines is 1. The molecule has 1 aromatic rings. The molecular formula is C16H23NO3. The zero-order valence-electron chi connectivity index (χ0n) is 12.4. The Morgan fingerprint density at radius 1 is 1.40 bits per heavy atom. The maximum Gasteiger partial charge on any atom is 0.227 e. The van der Waals surface area contributed by atoms with E-state index in [1.807, 2.05) is 39.0 Å². The average molecular weight is 277 g/mol. The van der Waals surface area contributed by atoms with Crippen molar-refractivity contribution in [1.82, 2.24) is 0 Å². The Labute approximate surface area is 120 Å². The number of nitrogens with one attached hydrogen (secondary N) is 1. The van der Waals surface area contributed by atoms with Crippen LogP contribution in [0.1, 0.15) is 24.5 Å². The van der Waals surface area contributed by atoms with E-state index in [0.29, 0.717) is 26.2 Å². The highest BCUT2D eigenvalue weighted by molar-refractivity contribution is 5.93. The van der Waals surface area contributed by atoms with Gasteiger partial charge in [0.1, 0.15) is 0 Å². The maximum absolute atomic E-state index is 12.2. The first-order chi connectivity index (χ1) is 9.56. The number of benzene rings is 1. The number of hydrogen-bond acceptors (Lipinski definition) is 3. The molecule has 20 heavy (non-hydrogen) atoms. The van der Waals surface area contributed by atoms with E-state index >= 15 is 0 Å². The molecule has 1 amide bonds. The Bertz CT molecular complexity index is 467. The predicted octanol–water partition coefficient (Wildman–Crippen LogP) is 2.68. The lowest BCUT2D eigenvalue weighted by Gasteiger charge is -2.25. The number of amides is 1. The van der Waals surface area contributed by atoms with Gasteiger partial charge < -0.3 is 14.8 Å². The topological polar surface area (TPSA) is 47.6 Å². The van der Waals surface area contributed by atoms with Gasteiger partial charge in [0.25, 0.3) is 0 Å². The summed E-state index contributed by atoms with van der Waals surface area (Å²) in [4.78, 5) is 12.2. The first kappa shape index (κ1) is 15.0. The van der Waals surface area contributed by atoms with Gasteiger partial charge in [0, 0.05) is 11.6 Å². The molecule has 4 nitrogen and oxygen atoms in total. The van der Waals surface area contributed by atoms with Gasteiger partial charge in [-0.1, -0.05) is 19.1 Å². The van der Waals surface area contributed by atoms with E-state index in [1.165, 1.54) is 0 Å². The van der Waals surface area contributed by atoms with E-state index in [2.05, 4.69) is 5.32 Å². The third kappa shape index (κ3) is 4.05. The van der Waals surface area contributed by atoms with Gasteiger partial charge in [0.2, 0.25) is 5.91 Å². The third-order valence-electron chi connectivity index (χ3n) is 3.60. The fourth-order valence-corrected chi connectivity index (χ4v) is 2.30. The standard InChI is InChI=1S/C16H23NO3/c1-11-4-5-12(2)15(8-11)17-16(18)13(3)9-14-10-19-6-7-20-14/h4-5,8,13-14H,6-7,9-10H2,1-3H3,(H,17,18)/t13-,14+/m0/s1. The molecule has 0 spiro atoms. The summed E-state index contributed by atoms with van der Waals surface area (Å²) in [6.07, 6.45) is 0.722. The fourth-order valence-electron chi connectivity index (χ4n) is 2.30. The number of carbonyl (C=O) groups excluding carboxylic acids is 1. The van der Waals surface area contributed by atoms with E-state index in [4.69, 9.17) is 9.47 Å². The average Bonchev–Trinajstić information content (AvgIpc) is 2.44. The fraction of sp³-hybridized carbons (Fsp3) is 0.562. The van der Waals surface area contributed by atoms with Gasteiger partial charge in [-0.15, -0.1) is 0 Å². The molecule has 0 saturated carbocycles. The number of rotatable bonds is 4. The van der Waals surface area contributed by atoms with E-state index < -0.39 is 0 Å². The molecule has 1 N–H and O–H groups in total. The SMILES string of the molecule is Cc1ccc(C)c(NC(=O)[C@@H](C)C[C@@H]2COCCO2)c1. The van der Waals surface area contributed by atoms with Gasteiger partial charge >= 0.3 is 0 Å². The van der Waals surface area contributed by atoms with Gasteiger partial charge in [-0.25, -0.2) is 0 Å². The van der Waals surface area contributed by atoms with Crippen LogP contribution in [0.15, 0.2) is 18.2 Å². The Hall–Kier alpha value is -1.39. The lowest BCUT2D eigenvalue weighted by atomic mass is 10.0. The molecule has 0 aliphatic carbocycles. The molecule has 4 heteroatoms. The molecule has 2 atom stereocenters. The molecule has 110 valence electrons. The molecule has 1 fully saturated rings. The molecule has 0 unspecified atom stereocenters. The molecule has 2 rings (SSSR count). The largest absolute Gasteiger partial charge is 0.376 e. The summed E-state index contributed by atoms with van der Waals surface area (Å²) in [5, 5.41) is 3.01. The summed E-state index contributed by atoms with van der Waals surface area (Å²) in [5.41, 5.74) is 3.11. The third-order valence-corrected chi connectivity index (χ3v) is 3.60. The van der Waals surface area contributed by atoms with Crippen LogP contribution in [0.2, 0.25) is 0 Å². The van der Waals surface area contributed by atoms with Crippen LogP contribution in [0.3, 0.4) is 0 Å². The van der Waals surface area contributed by atoms with Crippen molar-refractivity contribution in [3.05, 3.63) is 29.3 Å². The van der Waals surface area contributed by atoms with E-state index in [0.717, 1.165) is 16.8 Å². The van der Waals surface area contributed by atoms with Crippen LogP contribution >= 0.6 is 0 Å². The summed E-state index contributed by atoms with van der Waals surface area (Å²) in [6, 6.07) is 6.06. The summed E-state index contributed by atoms with van der Waals surface area (Å²) in [5.74, 6) is -0.0607. The second kappa shape index (κ2) is 6.86. The summed E-state index contributed by atoms with van der Waals surface area (Å²) < 4.78 is 10.9. The molecule has 1 aliphatic rings.